The van der Waals surface area contributed by atoms with Gasteiger partial charge in [-0.3, -0.25) is 0 Å². The summed E-state index contributed by atoms with van der Waals surface area (Å²) in [5.41, 5.74) is 1.26. The van der Waals surface area contributed by atoms with E-state index in [0.29, 0.717) is 18.0 Å². The number of hydrogen-bond acceptors (Lipinski definition) is 5. The van der Waals surface area contributed by atoms with Crippen LogP contribution in [0, 0.1) is 5.92 Å². The van der Waals surface area contributed by atoms with Gasteiger partial charge in [0.05, 0.1) is 13.2 Å². The Balaban J connectivity index is 1.51. The van der Waals surface area contributed by atoms with E-state index in [1.54, 1.807) is 0 Å². The summed E-state index contributed by atoms with van der Waals surface area (Å²) >= 11 is 0. The first-order valence-corrected chi connectivity index (χ1v) is 10.8. The maximum Gasteiger partial charge on any atom is 0.123 e. The molecule has 5 nitrogen and oxygen atoms in total. The van der Waals surface area contributed by atoms with Crippen molar-refractivity contribution in [3.63, 3.8) is 0 Å². The minimum absolute atomic E-state index is 0.499. The monoisotopic (exact) mass is 375 g/mol. The normalized spacial score (nSPS) is 25.8. The minimum Gasteiger partial charge on any atom is -0.492 e. The largest absolute Gasteiger partial charge is 0.492 e. The lowest BCUT2D eigenvalue weighted by Crippen LogP contribution is -2.50. The minimum atomic E-state index is 0.499. The fourth-order valence-corrected chi connectivity index (χ4v) is 4.44. The number of nitrogens with zero attached hydrogens (tertiary/aromatic N) is 1. The molecular formula is C22H37N3O2. The van der Waals surface area contributed by atoms with Gasteiger partial charge in [-0.15, -0.1) is 0 Å². The van der Waals surface area contributed by atoms with E-state index in [2.05, 4.69) is 53.6 Å². The molecule has 2 aliphatic rings. The quantitative estimate of drug-likeness (QED) is 0.658. The summed E-state index contributed by atoms with van der Waals surface area (Å²) in [6.07, 6.45) is 3.86. The molecule has 3 rings (SSSR count). The Hall–Kier alpha value is -1.14. The molecule has 2 N–H and O–H groups in total. The van der Waals surface area contributed by atoms with Gasteiger partial charge in [0.15, 0.2) is 0 Å². The van der Waals surface area contributed by atoms with Gasteiger partial charge in [-0.25, -0.2) is 0 Å². The number of benzene rings is 1. The highest BCUT2D eigenvalue weighted by molar-refractivity contribution is 5.33. The van der Waals surface area contributed by atoms with Crippen LogP contribution >= 0.6 is 0 Å². The topological polar surface area (TPSA) is 45.8 Å². The number of para-hydroxylation sites is 1. The van der Waals surface area contributed by atoms with Gasteiger partial charge in [0.1, 0.15) is 12.4 Å². The van der Waals surface area contributed by atoms with Crippen molar-refractivity contribution in [3.8, 4) is 5.75 Å². The molecule has 1 saturated heterocycles. The first kappa shape index (κ1) is 20.6. The van der Waals surface area contributed by atoms with Crippen molar-refractivity contribution in [1.29, 1.82) is 0 Å². The van der Waals surface area contributed by atoms with E-state index in [1.165, 1.54) is 24.8 Å². The van der Waals surface area contributed by atoms with Crippen LogP contribution in [0.25, 0.3) is 0 Å². The van der Waals surface area contributed by atoms with Crippen molar-refractivity contribution in [2.45, 2.75) is 51.7 Å². The molecule has 3 unspecified atom stereocenters. The average molecular weight is 376 g/mol. The van der Waals surface area contributed by atoms with E-state index in [9.17, 15) is 0 Å². The van der Waals surface area contributed by atoms with Gasteiger partial charge in [-0.1, -0.05) is 38.5 Å². The van der Waals surface area contributed by atoms with Gasteiger partial charge in [0.25, 0.3) is 0 Å². The zero-order valence-corrected chi connectivity index (χ0v) is 17.1. The maximum absolute atomic E-state index is 6.12. The first-order chi connectivity index (χ1) is 13.3. The van der Waals surface area contributed by atoms with Gasteiger partial charge < -0.3 is 25.0 Å². The molecule has 152 valence electrons. The molecular weight excluding hydrogens is 338 g/mol. The number of morpholine rings is 1. The van der Waals surface area contributed by atoms with Gasteiger partial charge in [-0.05, 0) is 37.9 Å². The molecule has 5 heteroatoms. The predicted octanol–water partition coefficient (Wildman–Crippen LogP) is 2.65. The van der Waals surface area contributed by atoms with Crippen LogP contribution in [0.2, 0.25) is 0 Å². The fourth-order valence-electron chi connectivity index (χ4n) is 4.44. The molecule has 27 heavy (non-hydrogen) atoms. The third-order valence-electron chi connectivity index (χ3n) is 6.12. The summed E-state index contributed by atoms with van der Waals surface area (Å²) in [4.78, 5) is 2.39. The molecule has 1 aliphatic heterocycles. The van der Waals surface area contributed by atoms with Gasteiger partial charge in [0.2, 0.25) is 0 Å². The molecule has 0 amide bonds. The Kier molecular flexibility index (Phi) is 8.39. The molecule has 0 radical (unpaired) electrons. The van der Waals surface area contributed by atoms with E-state index in [1.807, 2.05) is 0 Å². The van der Waals surface area contributed by atoms with Crippen LogP contribution in [0.5, 0.6) is 5.75 Å². The summed E-state index contributed by atoms with van der Waals surface area (Å²) in [5.74, 6) is 1.69. The number of nitrogens with one attached hydrogen (secondary N) is 2. The Morgan fingerprint density at radius 1 is 1.22 bits per heavy atom. The molecule has 2 fully saturated rings. The molecule has 0 aromatic heterocycles. The highest BCUT2D eigenvalue weighted by atomic mass is 16.5. The molecule has 0 spiro atoms. The van der Waals surface area contributed by atoms with E-state index in [4.69, 9.17) is 9.47 Å². The third-order valence-corrected chi connectivity index (χ3v) is 6.12. The molecule has 1 saturated carbocycles. The van der Waals surface area contributed by atoms with E-state index >= 15 is 0 Å². The second-order valence-corrected chi connectivity index (χ2v) is 7.70. The highest BCUT2D eigenvalue weighted by Crippen LogP contribution is 2.30. The van der Waals surface area contributed by atoms with Crippen LogP contribution < -0.4 is 15.4 Å². The van der Waals surface area contributed by atoms with E-state index in [-0.39, 0.29) is 0 Å². The van der Waals surface area contributed by atoms with Gasteiger partial charge >= 0.3 is 0 Å². The molecule has 0 bridgehead atoms. The lowest BCUT2D eigenvalue weighted by Gasteiger charge is -2.33. The van der Waals surface area contributed by atoms with E-state index in [0.717, 1.165) is 58.3 Å². The van der Waals surface area contributed by atoms with Crippen molar-refractivity contribution in [3.05, 3.63) is 29.8 Å². The van der Waals surface area contributed by atoms with E-state index < -0.39 is 0 Å². The van der Waals surface area contributed by atoms with Crippen molar-refractivity contribution in [1.82, 2.24) is 15.5 Å². The summed E-state index contributed by atoms with van der Waals surface area (Å²) < 4.78 is 11.8. The van der Waals surface area contributed by atoms with Crippen molar-refractivity contribution in [2.24, 2.45) is 5.92 Å². The number of ether oxygens (including phenoxy) is 2. The average Bonchev–Trinajstić information content (AvgIpc) is 3.20. The zero-order valence-electron chi connectivity index (χ0n) is 17.1. The predicted molar refractivity (Wildman–Crippen MR) is 110 cm³/mol. The summed E-state index contributed by atoms with van der Waals surface area (Å²) in [6, 6.07) is 9.52. The summed E-state index contributed by atoms with van der Waals surface area (Å²) in [5, 5.41) is 7.48. The lowest BCUT2D eigenvalue weighted by atomic mass is 9.94. The van der Waals surface area contributed by atoms with Crippen LogP contribution in [0.3, 0.4) is 0 Å². The summed E-state index contributed by atoms with van der Waals surface area (Å²) in [6.45, 7) is 11.8. The zero-order chi connectivity index (χ0) is 18.9. The maximum atomic E-state index is 6.12. The third kappa shape index (κ3) is 5.92. The van der Waals surface area contributed by atoms with Crippen LogP contribution in [0.15, 0.2) is 24.3 Å². The lowest BCUT2D eigenvalue weighted by molar-refractivity contribution is 0.0524. The number of hydrogen-bond donors (Lipinski definition) is 2. The Morgan fingerprint density at radius 2 is 2.07 bits per heavy atom. The number of rotatable bonds is 10. The SMILES string of the molecule is CCN(CC)CCOc1ccccc1CNC1CCCC1C1COCCN1. The second-order valence-electron chi connectivity index (χ2n) is 7.70. The number of likely N-dealkylation sites (N-methyl/N-ethyl adjacent to an activating group) is 1. The van der Waals surface area contributed by atoms with Crippen molar-refractivity contribution >= 4 is 0 Å². The Morgan fingerprint density at radius 3 is 2.85 bits per heavy atom. The Bertz CT molecular complexity index is 544. The molecule has 3 atom stereocenters. The van der Waals surface area contributed by atoms with Crippen molar-refractivity contribution in [2.75, 3.05) is 46.0 Å². The van der Waals surface area contributed by atoms with Gasteiger partial charge in [-0.2, -0.15) is 0 Å². The van der Waals surface area contributed by atoms with Crippen LogP contribution in [0.4, 0.5) is 0 Å². The first-order valence-electron chi connectivity index (χ1n) is 10.8. The standard InChI is InChI=1S/C22H37N3O2/c1-3-25(4-2)13-15-27-22-11-6-5-8-18(22)16-24-20-10-7-9-19(20)21-17-26-14-12-23-21/h5-6,8,11,19-21,23-24H,3-4,7,9-10,12-17H2,1-2H3. The van der Waals surface area contributed by atoms with Crippen molar-refractivity contribution < 1.29 is 9.47 Å². The fraction of sp³-hybridized carbons (Fsp3) is 0.727. The van der Waals surface area contributed by atoms with Crippen LogP contribution in [0.1, 0.15) is 38.7 Å². The Labute approximate surface area is 164 Å². The highest BCUT2D eigenvalue weighted by Gasteiger charge is 2.34. The molecule has 1 aromatic rings. The van der Waals surface area contributed by atoms with Crippen LogP contribution in [-0.2, 0) is 11.3 Å². The molecule has 1 heterocycles. The molecule has 1 aromatic carbocycles. The smallest absolute Gasteiger partial charge is 0.123 e. The summed E-state index contributed by atoms with van der Waals surface area (Å²) in [7, 11) is 0. The van der Waals surface area contributed by atoms with Crippen LogP contribution in [-0.4, -0.2) is 63.0 Å². The van der Waals surface area contributed by atoms with Gasteiger partial charge in [0, 0.05) is 37.3 Å². The second kappa shape index (κ2) is 11.0. The molecule has 1 aliphatic carbocycles.